The average Bonchev–Trinajstić information content (AvgIpc) is 3.20. The summed E-state index contributed by atoms with van der Waals surface area (Å²) in [7, 11) is 3.17. The average molecular weight is 281 g/mol. The number of nitro benzene ring substituents is 1. The van der Waals surface area contributed by atoms with Gasteiger partial charge in [0.2, 0.25) is 0 Å². The molecule has 7 heteroatoms. The highest BCUT2D eigenvalue weighted by molar-refractivity contribution is 5.49. The van der Waals surface area contributed by atoms with Crippen molar-refractivity contribution in [3.63, 3.8) is 0 Å². The molecule has 0 aliphatic carbocycles. The second-order valence-corrected chi connectivity index (χ2v) is 4.99. The molecule has 1 fully saturated rings. The normalized spacial score (nSPS) is 25.3. The van der Waals surface area contributed by atoms with Gasteiger partial charge in [0.15, 0.2) is 5.60 Å². The fourth-order valence-electron chi connectivity index (χ4n) is 2.74. The van der Waals surface area contributed by atoms with Crippen LogP contribution < -0.4 is 4.74 Å². The number of rotatable bonds is 5. The highest BCUT2D eigenvalue weighted by Crippen LogP contribution is 2.54. The van der Waals surface area contributed by atoms with Gasteiger partial charge in [0.05, 0.1) is 18.1 Å². The third-order valence-corrected chi connectivity index (χ3v) is 3.61. The van der Waals surface area contributed by atoms with E-state index in [1.165, 1.54) is 12.1 Å². The zero-order valence-corrected chi connectivity index (χ0v) is 11.2. The second-order valence-electron chi connectivity index (χ2n) is 4.99. The van der Waals surface area contributed by atoms with Crippen molar-refractivity contribution in [2.45, 2.75) is 17.8 Å². The standard InChI is InChI=1S/C13H15NO6/c1-17-6-13(7-18-2)12-11(19-12)9-5-8(14(15)16)3-4-10(9)20-13/h3-5,11-12H,6-7H2,1-2H3/t11-,12-/m0/s1. The van der Waals surface area contributed by atoms with Crippen LogP contribution in [0.5, 0.6) is 5.75 Å². The molecule has 0 unspecified atom stereocenters. The maximum Gasteiger partial charge on any atom is 0.270 e. The first-order valence-electron chi connectivity index (χ1n) is 6.22. The Bertz CT molecular complexity index is 540. The fourth-order valence-corrected chi connectivity index (χ4v) is 2.74. The summed E-state index contributed by atoms with van der Waals surface area (Å²) in [4.78, 5) is 10.4. The molecule has 2 aliphatic rings. The number of hydrogen-bond donors (Lipinski definition) is 0. The van der Waals surface area contributed by atoms with Gasteiger partial charge in [-0.25, -0.2) is 0 Å². The molecule has 0 N–H and O–H groups in total. The van der Waals surface area contributed by atoms with Gasteiger partial charge in [-0.1, -0.05) is 0 Å². The van der Waals surface area contributed by atoms with Crippen LogP contribution in [0, 0.1) is 10.1 Å². The number of methoxy groups -OCH3 is 2. The summed E-state index contributed by atoms with van der Waals surface area (Å²) in [6, 6.07) is 4.53. The van der Waals surface area contributed by atoms with Crippen LogP contribution in [0.4, 0.5) is 5.69 Å². The third kappa shape index (κ3) is 1.94. The van der Waals surface area contributed by atoms with E-state index in [0.717, 1.165) is 0 Å². The molecule has 20 heavy (non-hydrogen) atoms. The second kappa shape index (κ2) is 4.69. The number of nitro groups is 1. The summed E-state index contributed by atoms with van der Waals surface area (Å²) in [5.41, 5.74) is 0.0525. The van der Waals surface area contributed by atoms with Gasteiger partial charge in [-0.3, -0.25) is 10.1 Å². The lowest BCUT2D eigenvalue weighted by molar-refractivity contribution is -0.385. The van der Waals surface area contributed by atoms with Crippen LogP contribution in [0.3, 0.4) is 0 Å². The summed E-state index contributed by atoms with van der Waals surface area (Å²) < 4.78 is 22.1. The maximum atomic E-state index is 10.8. The lowest BCUT2D eigenvalue weighted by Crippen LogP contribution is -2.52. The zero-order valence-electron chi connectivity index (χ0n) is 11.2. The summed E-state index contributed by atoms with van der Waals surface area (Å²) in [5, 5.41) is 10.8. The first kappa shape index (κ1) is 13.3. The number of fused-ring (bicyclic) bond motifs is 3. The van der Waals surface area contributed by atoms with Crippen molar-refractivity contribution in [2.75, 3.05) is 27.4 Å². The van der Waals surface area contributed by atoms with Crippen LogP contribution in [-0.4, -0.2) is 44.1 Å². The monoisotopic (exact) mass is 281 g/mol. The number of epoxide rings is 1. The number of benzene rings is 1. The number of ether oxygens (including phenoxy) is 4. The van der Waals surface area contributed by atoms with Gasteiger partial charge in [-0.2, -0.15) is 0 Å². The van der Waals surface area contributed by atoms with E-state index in [1.807, 2.05) is 0 Å². The van der Waals surface area contributed by atoms with E-state index in [9.17, 15) is 10.1 Å². The molecule has 0 radical (unpaired) electrons. The van der Waals surface area contributed by atoms with Crippen molar-refractivity contribution < 1.29 is 23.9 Å². The number of hydrogen-bond acceptors (Lipinski definition) is 6. The molecule has 7 nitrogen and oxygen atoms in total. The molecule has 0 spiro atoms. The minimum absolute atomic E-state index is 0.0348. The molecule has 1 aromatic carbocycles. The maximum absolute atomic E-state index is 10.8. The van der Waals surface area contributed by atoms with Crippen LogP contribution in [0.25, 0.3) is 0 Å². The van der Waals surface area contributed by atoms with Crippen molar-refractivity contribution in [3.05, 3.63) is 33.9 Å². The topological polar surface area (TPSA) is 83.4 Å². The fraction of sp³-hybridized carbons (Fsp3) is 0.538. The number of nitrogens with zero attached hydrogens (tertiary/aromatic N) is 1. The van der Waals surface area contributed by atoms with Crippen molar-refractivity contribution in [1.82, 2.24) is 0 Å². The smallest absolute Gasteiger partial charge is 0.270 e. The first-order chi connectivity index (χ1) is 9.61. The molecule has 1 saturated heterocycles. The molecule has 2 atom stereocenters. The third-order valence-electron chi connectivity index (χ3n) is 3.61. The van der Waals surface area contributed by atoms with Gasteiger partial charge in [0.25, 0.3) is 5.69 Å². The summed E-state index contributed by atoms with van der Waals surface area (Å²) >= 11 is 0. The van der Waals surface area contributed by atoms with E-state index in [0.29, 0.717) is 24.5 Å². The van der Waals surface area contributed by atoms with Gasteiger partial charge < -0.3 is 18.9 Å². The van der Waals surface area contributed by atoms with Gasteiger partial charge >= 0.3 is 0 Å². The van der Waals surface area contributed by atoms with Crippen molar-refractivity contribution >= 4 is 5.69 Å². The van der Waals surface area contributed by atoms with E-state index in [-0.39, 0.29) is 17.9 Å². The largest absolute Gasteiger partial charge is 0.479 e. The van der Waals surface area contributed by atoms with E-state index in [4.69, 9.17) is 18.9 Å². The van der Waals surface area contributed by atoms with E-state index in [1.54, 1.807) is 20.3 Å². The van der Waals surface area contributed by atoms with Crippen LogP contribution in [0.2, 0.25) is 0 Å². The molecule has 3 rings (SSSR count). The van der Waals surface area contributed by atoms with Crippen LogP contribution in [-0.2, 0) is 14.2 Å². The zero-order chi connectivity index (χ0) is 14.3. The Hall–Kier alpha value is -1.70. The van der Waals surface area contributed by atoms with E-state index < -0.39 is 10.5 Å². The van der Waals surface area contributed by atoms with Crippen molar-refractivity contribution in [1.29, 1.82) is 0 Å². The van der Waals surface area contributed by atoms with Crippen LogP contribution in [0.15, 0.2) is 18.2 Å². The molecule has 108 valence electrons. The molecular weight excluding hydrogens is 266 g/mol. The van der Waals surface area contributed by atoms with Crippen LogP contribution in [0.1, 0.15) is 11.7 Å². The molecule has 2 heterocycles. The Morgan fingerprint density at radius 3 is 2.65 bits per heavy atom. The van der Waals surface area contributed by atoms with E-state index in [2.05, 4.69) is 0 Å². The van der Waals surface area contributed by atoms with Gasteiger partial charge in [-0.05, 0) is 6.07 Å². The molecule has 1 aromatic rings. The Morgan fingerprint density at radius 2 is 2.05 bits per heavy atom. The molecular formula is C13H15NO6. The van der Waals surface area contributed by atoms with Gasteiger partial charge in [0, 0.05) is 31.9 Å². The quantitative estimate of drug-likeness (QED) is 0.461. The van der Waals surface area contributed by atoms with Crippen molar-refractivity contribution in [3.8, 4) is 5.75 Å². The first-order valence-corrected chi connectivity index (χ1v) is 6.22. The molecule has 0 bridgehead atoms. The number of non-ortho nitro benzene ring substituents is 1. The van der Waals surface area contributed by atoms with Crippen LogP contribution >= 0.6 is 0 Å². The minimum Gasteiger partial charge on any atom is -0.479 e. The molecule has 0 amide bonds. The Kier molecular flexibility index (Phi) is 3.12. The predicted molar refractivity (Wildman–Crippen MR) is 67.8 cm³/mol. The Balaban J connectivity index is 1.96. The minimum atomic E-state index is -0.697. The Labute approximate surface area is 115 Å². The SMILES string of the molecule is COCC1(COC)Oc2ccc([N+](=O)[O-])cc2[C@@H]2O[C@@H]21. The molecule has 2 aliphatic heterocycles. The lowest BCUT2D eigenvalue weighted by atomic mass is 9.92. The summed E-state index contributed by atoms with van der Waals surface area (Å²) in [6.45, 7) is 0.664. The lowest BCUT2D eigenvalue weighted by Gasteiger charge is -2.35. The van der Waals surface area contributed by atoms with Crippen molar-refractivity contribution in [2.24, 2.45) is 0 Å². The molecule has 0 aromatic heterocycles. The Morgan fingerprint density at radius 1 is 1.35 bits per heavy atom. The highest BCUT2D eigenvalue weighted by atomic mass is 16.7. The van der Waals surface area contributed by atoms with Gasteiger partial charge in [0.1, 0.15) is 18.0 Å². The predicted octanol–water partition coefficient (Wildman–Crippen LogP) is 1.46. The van der Waals surface area contributed by atoms with E-state index >= 15 is 0 Å². The summed E-state index contributed by atoms with van der Waals surface area (Å²) in [6.07, 6.45) is -0.388. The molecule has 0 saturated carbocycles. The summed E-state index contributed by atoms with van der Waals surface area (Å²) in [5.74, 6) is 0.587. The van der Waals surface area contributed by atoms with Gasteiger partial charge in [-0.15, -0.1) is 0 Å². The highest BCUT2D eigenvalue weighted by Gasteiger charge is 2.61.